The highest BCUT2D eigenvalue weighted by molar-refractivity contribution is 7.71. The van der Waals surface area contributed by atoms with Crippen LogP contribution in [0.3, 0.4) is 0 Å². The van der Waals surface area contributed by atoms with Gasteiger partial charge in [-0.3, -0.25) is 34.2 Å². The van der Waals surface area contributed by atoms with Gasteiger partial charge < -0.3 is 5.32 Å². The summed E-state index contributed by atoms with van der Waals surface area (Å²) in [5.74, 6) is -1.10. The maximum atomic E-state index is 15.1. The molecule has 2 saturated carbocycles. The average Bonchev–Trinajstić information content (AvgIpc) is 3.51. The van der Waals surface area contributed by atoms with Crippen molar-refractivity contribution in [2.45, 2.75) is 76.4 Å². The molecule has 0 aliphatic heterocycles. The van der Waals surface area contributed by atoms with Crippen molar-refractivity contribution in [1.29, 1.82) is 0 Å². The summed E-state index contributed by atoms with van der Waals surface area (Å²) in [6.45, 7) is -0.530. The third kappa shape index (κ3) is 4.79. The normalized spacial score (nSPS) is 17.2. The van der Waals surface area contributed by atoms with Crippen molar-refractivity contribution in [3.05, 3.63) is 43.6 Å². The molecule has 10 nitrogen and oxygen atoms in total. The van der Waals surface area contributed by atoms with E-state index in [1.165, 1.54) is 12.5 Å². The van der Waals surface area contributed by atoms with Crippen molar-refractivity contribution in [1.82, 2.24) is 24.3 Å². The number of hydrogen-bond acceptors (Lipinski definition) is 6. The first kappa shape index (κ1) is 23.5. The number of anilines is 2. The van der Waals surface area contributed by atoms with E-state index >= 15 is 4.39 Å². The fraction of sp³-hybridized carbons (Fsp3) is 0.522. The van der Waals surface area contributed by atoms with Crippen LogP contribution in [0.25, 0.3) is 10.9 Å². The Morgan fingerprint density at radius 1 is 1.09 bits per heavy atom. The van der Waals surface area contributed by atoms with E-state index < -0.39 is 29.5 Å². The first-order chi connectivity index (χ1) is 16.9. The third-order valence-electron chi connectivity index (χ3n) is 6.97. The topological polar surface area (TPSA) is 130 Å². The van der Waals surface area contributed by atoms with Crippen LogP contribution in [0.5, 0.6) is 0 Å². The van der Waals surface area contributed by atoms with Crippen molar-refractivity contribution in [2.24, 2.45) is 0 Å². The number of carbonyl (C=O) groups is 1. The highest BCUT2D eigenvalue weighted by atomic mass is 32.1. The lowest BCUT2D eigenvalue weighted by molar-refractivity contribution is -0.116. The van der Waals surface area contributed by atoms with E-state index in [0.717, 1.165) is 55.9 Å². The van der Waals surface area contributed by atoms with E-state index in [4.69, 9.17) is 12.2 Å². The van der Waals surface area contributed by atoms with Crippen LogP contribution in [-0.2, 0) is 11.3 Å². The van der Waals surface area contributed by atoms with E-state index in [1.54, 1.807) is 10.6 Å². The fourth-order valence-electron chi connectivity index (χ4n) is 5.27. The molecule has 5 rings (SSSR count). The number of hydrogen-bond donors (Lipinski definition) is 4. The van der Waals surface area contributed by atoms with Crippen molar-refractivity contribution < 1.29 is 9.18 Å². The predicted octanol–water partition coefficient (Wildman–Crippen LogP) is 3.58. The molecule has 0 bridgehead atoms. The molecule has 186 valence electrons. The molecule has 0 radical (unpaired) electrons. The van der Waals surface area contributed by atoms with Crippen molar-refractivity contribution in [3.8, 4) is 0 Å². The first-order valence-electron chi connectivity index (χ1n) is 12.1. The Labute approximate surface area is 204 Å². The highest BCUT2D eigenvalue weighted by Crippen LogP contribution is 2.32. The lowest BCUT2D eigenvalue weighted by atomic mass is 9.95. The second kappa shape index (κ2) is 9.76. The summed E-state index contributed by atoms with van der Waals surface area (Å²) >= 11 is 4.86. The van der Waals surface area contributed by atoms with Gasteiger partial charge in [-0.15, -0.1) is 0 Å². The summed E-state index contributed by atoms with van der Waals surface area (Å²) in [5, 5.41) is 11.0. The first-order valence-corrected chi connectivity index (χ1v) is 12.5. The number of nitrogens with one attached hydrogen (secondary N) is 4. The second-order valence-corrected chi connectivity index (χ2v) is 9.76. The van der Waals surface area contributed by atoms with Gasteiger partial charge in [-0.1, -0.05) is 32.1 Å². The van der Waals surface area contributed by atoms with Gasteiger partial charge in [0.25, 0.3) is 5.56 Å². The standard InChI is InChI=1S/C23H28FN7O3S/c24-16-10-15-18(11-17(16)25-13-6-2-1-3-7-13)31(14-8-4-5-9-14)23(34)30(20(15)33)12-19(32)26-21-27-22(35)29-28-21/h10-11,13-14,25H,1-9,12H2,(H3,26,27,28,29,32,35). The van der Waals surface area contributed by atoms with Gasteiger partial charge in [0.2, 0.25) is 16.6 Å². The molecular weight excluding hydrogens is 473 g/mol. The molecule has 2 heterocycles. The Hall–Kier alpha value is -3.28. The number of fused-ring (bicyclic) bond motifs is 1. The van der Waals surface area contributed by atoms with E-state index in [2.05, 4.69) is 25.8 Å². The van der Waals surface area contributed by atoms with Crippen LogP contribution < -0.4 is 21.9 Å². The lowest BCUT2D eigenvalue weighted by Gasteiger charge is -2.25. The van der Waals surface area contributed by atoms with Crippen LogP contribution in [0.1, 0.15) is 63.8 Å². The fourth-order valence-corrected chi connectivity index (χ4v) is 5.42. The molecule has 4 N–H and O–H groups in total. The van der Waals surface area contributed by atoms with Gasteiger partial charge in [-0.25, -0.2) is 9.18 Å². The molecule has 1 amide bonds. The zero-order chi connectivity index (χ0) is 24.5. The lowest BCUT2D eigenvalue weighted by Crippen LogP contribution is -2.43. The maximum absolute atomic E-state index is 15.1. The summed E-state index contributed by atoms with van der Waals surface area (Å²) in [4.78, 5) is 43.3. The molecule has 35 heavy (non-hydrogen) atoms. The largest absolute Gasteiger partial charge is 0.380 e. The molecule has 0 atom stereocenters. The van der Waals surface area contributed by atoms with Crippen LogP contribution in [0, 0.1) is 10.6 Å². The Kier molecular flexibility index (Phi) is 6.54. The van der Waals surface area contributed by atoms with Crippen molar-refractivity contribution in [2.75, 3.05) is 10.6 Å². The Bertz CT molecular complexity index is 1430. The quantitative estimate of drug-likeness (QED) is 0.382. The summed E-state index contributed by atoms with van der Waals surface area (Å²) in [6.07, 6.45) is 8.79. The molecule has 0 saturated heterocycles. The molecule has 2 fully saturated rings. The second-order valence-electron chi connectivity index (χ2n) is 9.37. The molecule has 1 aromatic carbocycles. The van der Waals surface area contributed by atoms with Gasteiger partial charge in [0.05, 0.1) is 16.6 Å². The van der Waals surface area contributed by atoms with Crippen molar-refractivity contribution in [3.63, 3.8) is 0 Å². The zero-order valence-electron chi connectivity index (χ0n) is 19.2. The van der Waals surface area contributed by atoms with E-state index in [9.17, 15) is 14.4 Å². The molecule has 2 aromatic heterocycles. The van der Waals surface area contributed by atoms with Gasteiger partial charge in [0.1, 0.15) is 12.4 Å². The number of aromatic amines is 2. The summed E-state index contributed by atoms with van der Waals surface area (Å²) in [5.41, 5.74) is -0.568. The number of halogens is 1. The van der Waals surface area contributed by atoms with Gasteiger partial charge in [0, 0.05) is 12.1 Å². The molecule has 3 aromatic rings. The summed E-state index contributed by atoms with van der Waals surface area (Å²) in [6, 6.07) is 2.83. The zero-order valence-corrected chi connectivity index (χ0v) is 20.0. The minimum absolute atomic E-state index is 0.0782. The van der Waals surface area contributed by atoms with Crippen LogP contribution in [0.4, 0.5) is 16.0 Å². The van der Waals surface area contributed by atoms with Gasteiger partial charge >= 0.3 is 5.69 Å². The molecule has 12 heteroatoms. The molecular formula is C23H28FN7O3S. The van der Waals surface area contributed by atoms with E-state index in [1.807, 2.05) is 0 Å². The summed E-state index contributed by atoms with van der Waals surface area (Å²) in [7, 11) is 0. The van der Waals surface area contributed by atoms with Gasteiger partial charge in [-0.05, 0) is 50.0 Å². The van der Waals surface area contributed by atoms with Crippen LogP contribution in [-0.4, -0.2) is 36.3 Å². The van der Waals surface area contributed by atoms with Crippen LogP contribution >= 0.6 is 12.2 Å². The number of rotatable bonds is 6. The smallest absolute Gasteiger partial charge is 0.332 e. The Balaban J connectivity index is 1.57. The number of H-pyrrole nitrogens is 2. The third-order valence-corrected chi connectivity index (χ3v) is 7.17. The minimum atomic E-state index is -0.701. The van der Waals surface area contributed by atoms with Crippen LogP contribution in [0.15, 0.2) is 21.7 Å². The average molecular weight is 502 g/mol. The number of benzene rings is 1. The van der Waals surface area contributed by atoms with Gasteiger partial charge in [0.15, 0.2) is 0 Å². The predicted molar refractivity (Wildman–Crippen MR) is 133 cm³/mol. The van der Waals surface area contributed by atoms with E-state index in [0.29, 0.717) is 11.2 Å². The van der Waals surface area contributed by atoms with Crippen molar-refractivity contribution >= 4 is 40.7 Å². The van der Waals surface area contributed by atoms with Crippen LogP contribution in [0.2, 0.25) is 0 Å². The summed E-state index contributed by atoms with van der Waals surface area (Å²) < 4.78 is 17.7. The van der Waals surface area contributed by atoms with E-state index in [-0.39, 0.29) is 28.2 Å². The molecule has 0 unspecified atom stereocenters. The highest BCUT2D eigenvalue weighted by Gasteiger charge is 2.25. The number of nitrogens with zero attached hydrogens (tertiary/aromatic N) is 3. The minimum Gasteiger partial charge on any atom is -0.380 e. The van der Waals surface area contributed by atoms with Gasteiger partial charge in [-0.2, -0.15) is 4.98 Å². The number of aromatic nitrogens is 5. The maximum Gasteiger partial charge on any atom is 0.332 e. The molecule has 0 spiro atoms. The number of amides is 1. The monoisotopic (exact) mass is 501 g/mol. The molecule has 2 aliphatic rings. The Morgan fingerprint density at radius 3 is 2.49 bits per heavy atom. The Morgan fingerprint density at radius 2 is 1.80 bits per heavy atom. The molecule has 2 aliphatic carbocycles. The number of carbonyl (C=O) groups excluding carboxylic acids is 1. The SMILES string of the molecule is O=C(Cn1c(=O)c2cc(F)c(NC3CCCCC3)cc2n(C2CCCC2)c1=O)Nc1nc(=S)[nH][nH]1.